The van der Waals surface area contributed by atoms with E-state index >= 15 is 0 Å². The zero-order valence-electron chi connectivity index (χ0n) is 19.6. The SMILES string of the molecule is COc1ccc2nc(N3C(=O)C(=O)/C(=C(/O)c4ccncc4)C3c3ccc(OC)c(OC)c3)sc2c1. The lowest BCUT2D eigenvalue weighted by molar-refractivity contribution is -0.132. The van der Waals surface area contributed by atoms with E-state index in [9.17, 15) is 14.7 Å². The summed E-state index contributed by atoms with van der Waals surface area (Å²) in [6.07, 6.45) is 2.99. The number of fused-ring (bicyclic) bond motifs is 1. The quantitative estimate of drug-likeness (QED) is 0.235. The number of amides is 1. The van der Waals surface area contributed by atoms with E-state index in [2.05, 4.69) is 9.97 Å². The van der Waals surface area contributed by atoms with E-state index in [4.69, 9.17) is 14.2 Å². The summed E-state index contributed by atoms with van der Waals surface area (Å²) < 4.78 is 16.9. The minimum Gasteiger partial charge on any atom is -0.507 e. The van der Waals surface area contributed by atoms with Gasteiger partial charge in [0, 0.05) is 18.0 Å². The van der Waals surface area contributed by atoms with Gasteiger partial charge in [-0.1, -0.05) is 17.4 Å². The van der Waals surface area contributed by atoms with Gasteiger partial charge >= 0.3 is 5.91 Å². The first-order valence-electron chi connectivity index (χ1n) is 10.8. The summed E-state index contributed by atoms with van der Waals surface area (Å²) in [6.45, 7) is 0. The van der Waals surface area contributed by atoms with Crippen LogP contribution in [-0.4, -0.2) is 48.1 Å². The van der Waals surface area contributed by atoms with Crippen LogP contribution in [0.25, 0.3) is 16.0 Å². The number of benzene rings is 2. The van der Waals surface area contributed by atoms with Gasteiger partial charge in [-0.3, -0.25) is 19.5 Å². The topological polar surface area (TPSA) is 111 Å². The van der Waals surface area contributed by atoms with Gasteiger partial charge in [0.1, 0.15) is 11.5 Å². The molecule has 36 heavy (non-hydrogen) atoms. The third-order valence-electron chi connectivity index (χ3n) is 5.91. The molecule has 1 amide bonds. The third kappa shape index (κ3) is 3.81. The Labute approximate surface area is 210 Å². The molecule has 2 aromatic carbocycles. The molecule has 1 unspecified atom stereocenters. The predicted molar refractivity (Wildman–Crippen MR) is 135 cm³/mol. The fraction of sp³-hybridized carbons (Fsp3) is 0.154. The molecule has 0 aliphatic carbocycles. The second-order valence-corrected chi connectivity index (χ2v) is 8.86. The number of rotatable bonds is 6. The number of ether oxygens (including phenoxy) is 3. The lowest BCUT2D eigenvalue weighted by atomic mass is 9.95. The largest absolute Gasteiger partial charge is 0.507 e. The first-order chi connectivity index (χ1) is 17.5. The normalized spacial score (nSPS) is 17.0. The average Bonchev–Trinajstić information content (AvgIpc) is 3.45. The van der Waals surface area contributed by atoms with Gasteiger partial charge in [0.25, 0.3) is 5.78 Å². The highest BCUT2D eigenvalue weighted by Gasteiger charge is 2.48. The van der Waals surface area contributed by atoms with Crippen molar-refractivity contribution >= 4 is 44.1 Å². The Bertz CT molecular complexity index is 1510. The van der Waals surface area contributed by atoms with Crippen molar-refractivity contribution in [3.05, 3.63) is 77.6 Å². The molecule has 9 nitrogen and oxygen atoms in total. The highest BCUT2D eigenvalue weighted by molar-refractivity contribution is 7.22. The van der Waals surface area contributed by atoms with Crippen LogP contribution in [0, 0.1) is 0 Å². The van der Waals surface area contributed by atoms with Gasteiger partial charge in [-0.25, -0.2) is 4.98 Å². The summed E-state index contributed by atoms with van der Waals surface area (Å²) in [5.41, 5.74) is 1.50. The first-order valence-corrected chi connectivity index (χ1v) is 11.7. The molecule has 1 aliphatic heterocycles. The number of carbonyl (C=O) groups excluding carboxylic acids is 2. The van der Waals surface area contributed by atoms with E-state index in [0.717, 1.165) is 4.70 Å². The molecule has 0 radical (unpaired) electrons. The molecule has 1 N–H and O–H groups in total. The van der Waals surface area contributed by atoms with Crippen molar-refractivity contribution in [2.45, 2.75) is 6.04 Å². The number of carbonyl (C=O) groups is 2. The molecule has 3 heterocycles. The maximum atomic E-state index is 13.4. The molecular formula is C26H21N3O6S. The van der Waals surface area contributed by atoms with Gasteiger partial charge in [-0.15, -0.1) is 0 Å². The molecular weight excluding hydrogens is 482 g/mol. The minimum absolute atomic E-state index is 0.0599. The number of Topliss-reactive ketones (excluding diaryl/α,β-unsaturated/α-hetero) is 1. The summed E-state index contributed by atoms with van der Waals surface area (Å²) in [5.74, 6) is -0.370. The second kappa shape index (κ2) is 9.31. The maximum absolute atomic E-state index is 13.4. The standard InChI is InChI=1S/C26H21N3O6S/c1-33-16-5-6-17-20(13-16)36-26(28-17)29-22(15-4-7-18(34-2)19(12-15)35-3)21(24(31)25(29)32)23(30)14-8-10-27-11-9-14/h4-13,22,30H,1-3H3/b23-21+. The average molecular weight is 504 g/mol. The zero-order valence-corrected chi connectivity index (χ0v) is 20.4. The van der Waals surface area contributed by atoms with Crippen molar-refractivity contribution in [3.8, 4) is 17.2 Å². The molecule has 1 saturated heterocycles. The summed E-state index contributed by atoms with van der Waals surface area (Å²) in [5, 5.41) is 11.5. The number of ketones is 1. The minimum atomic E-state index is -0.958. The van der Waals surface area contributed by atoms with E-state index in [1.807, 2.05) is 6.07 Å². The number of aromatic nitrogens is 2. The van der Waals surface area contributed by atoms with E-state index in [0.29, 0.717) is 39.0 Å². The smallest absolute Gasteiger partial charge is 0.301 e. The highest BCUT2D eigenvalue weighted by atomic mass is 32.1. The molecule has 182 valence electrons. The first kappa shape index (κ1) is 23.3. The number of hydrogen-bond acceptors (Lipinski definition) is 9. The monoisotopic (exact) mass is 503 g/mol. The predicted octanol–water partition coefficient (Wildman–Crippen LogP) is 4.34. The van der Waals surface area contributed by atoms with Gasteiger partial charge in [-0.05, 0) is 48.0 Å². The number of pyridine rings is 1. The van der Waals surface area contributed by atoms with Crippen molar-refractivity contribution in [1.82, 2.24) is 9.97 Å². The van der Waals surface area contributed by atoms with Crippen LogP contribution in [0.5, 0.6) is 17.2 Å². The summed E-state index contributed by atoms with van der Waals surface area (Å²) in [6, 6.07) is 12.6. The Kier molecular flexibility index (Phi) is 6.03. The number of aliphatic hydroxyl groups is 1. The highest BCUT2D eigenvalue weighted by Crippen LogP contribution is 2.46. The van der Waals surface area contributed by atoms with E-state index < -0.39 is 17.7 Å². The number of aliphatic hydroxyl groups excluding tert-OH is 1. The van der Waals surface area contributed by atoms with Gasteiger partial charge in [0.2, 0.25) is 0 Å². The van der Waals surface area contributed by atoms with Crippen molar-refractivity contribution in [2.75, 3.05) is 26.2 Å². The third-order valence-corrected chi connectivity index (χ3v) is 6.93. The van der Waals surface area contributed by atoms with Gasteiger partial charge in [0.15, 0.2) is 16.6 Å². The van der Waals surface area contributed by atoms with Crippen LogP contribution in [0.15, 0.2) is 66.5 Å². The van der Waals surface area contributed by atoms with Crippen LogP contribution >= 0.6 is 11.3 Å². The van der Waals surface area contributed by atoms with Crippen LogP contribution in [0.4, 0.5) is 5.13 Å². The van der Waals surface area contributed by atoms with Crippen molar-refractivity contribution in [1.29, 1.82) is 0 Å². The maximum Gasteiger partial charge on any atom is 0.301 e. The van der Waals surface area contributed by atoms with Crippen LogP contribution in [0.3, 0.4) is 0 Å². The van der Waals surface area contributed by atoms with E-state index in [-0.39, 0.29) is 11.3 Å². The molecule has 1 atom stereocenters. The second-order valence-electron chi connectivity index (χ2n) is 7.85. The molecule has 2 aromatic heterocycles. The Morgan fingerprint density at radius 3 is 2.39 bits per heavy atom. The molecule has 0 bridgehead atoms. The molecule has 1 fully saturated rings. The summed E-state index contributed by atoms with van der Waals surface area (Å²) in [7, 11) is 4.58. The lowest BCUT2D eigenvalue weighted by Gasteiger charge is -2.23. The fourth-order valence-corrected chi connectivity index (χ4v) is 5.18. The number of hydrogen-bond donors (Lipinski definition) is 1. The van der Waals surface area contributed by atoms with Crippen molar-refractivity contribution in [3.63, 3.8) is 0 Å². The molecule has 5 rings (SSSR count). The molecule has 4 aromatic rings. The number of nitrogens with zero attached hydrogens (tertiary/aromatic N) is 3. The van der Waals surface area contributed by atoms with Gasteiger partial charge < -0.3 is 19.3 Å². The Hall–Kier alpha value is -4.44. The van der Waals surface area contributed by atoms with Crippen LogP contribution < -0.4 is 19.1 Å². The van der Waals surface area contributed by atoms with Crippen molar-refractivity contribution in [2.24, 2.45) is 0 Å². The van der Waals surface area contributed by atoms with Crippen LogP contribution in [0.1, 0.15) is 17.2 Å². The van der Waals surface area contributed by atoms with E-state index in [1.165, 1.54) is 42.8 Å². The summed E-state index contributed by atoms with van der Waals surface area (Å²) >= 11 is 1.25. The van der Waals surface area contributed by atoms with Gasteiger partial charge in [0.05, 0.1) is 43.2 Å². The van der Waals surface area contributed by atoms with Crippen LogP contribution in [-0.2, 0) is 9.59 Å². The van der Waals surface area contributed by atoms with Gasteiger partial charge in [-0.2, -0.15) is 0 Å². The number of thiazole rings is 1. The number of anilines is 1. The molecule has 1 aliphatic rings. The van der Waals surface area contributed by atoms with Crippen molar-refractivity contribution < 1.29 is 28.9 Å². The fourth-order valence-electron chi connectivity index (χ4n) is 4.16. The Balaban J connectivity index is 1.74. The van der Waals surface area contributed by atoms with E-state index in [1.54, 1.807) is 49.6 Å². The molecule has 0 saturated carbocycles. The Morgan fingerprint density at radius 1 is 0.944 bits per heavy atom. The Morgan fingerprint density at radius 2 is 1.69 bits per heavy atom. The number of methoxy groups -OCH3 is 3. The summed E-state index contributed by atoms with van der Waals surface area (Å²) in [4.78, 5) is 36.7. The lowest BCUT2D eigenvalue weighted by Crippen LogP contribution is -2.29. The zero-order chi connectivity index (χ0) is 25.4. The molecule has 0 spiro atoms. The van der Waals surface area contributed by atoms with Crippen LogP contribution in [0.2, 0.25) is 0 Å². The molecule has 10 heteroatoms.